The predicted octanol–water partition coefficient (Wildman–Crippen LogP) is 6.78. The summed E-state index contributed by atoms with van der Waals surface area (Å²) in [5.41, 5.74) is 13.5. The van der Waals surface area contributed by atoms with Crippen molar-refractivity contribution in [2.75, 3.05) is 0 Å². The molecule has 4 aromatic carbocycles. The summed E-state index contributed by atoms with van der Waals surface area (Å²) in [5.74, 6) is 0. The lowest BCUT2D eigenvalue weighted by atomic mass is 9.93. The van der Waals surface area contributed by atoms with E-state index in [1.54, 1.807) is 0 Å². The van der Waals surface area contributed by atoms with Gasteiger partial charge in [-0.1, -0.05) is 60.7 Å². The second kappa shape index (κ2) is 5.41. The topological polar surface area (TPSA) is 17.3 Å². The number of benzene rings is 4. The fourth-order valence-corrected chi connectivity index (χ4v) is 5.96. The van der Waals surface area contributed by atoms with Crippen LogP contribution in [0.5, 0.6) is 0 Å². The first kappa shape index (κ1) is 15.9. The van der Waals surface area contributed by atoms with Gasteiger partial charge in [0.2, 0.25) is 0 Å². The van der Waals surface area contributed by atoms with Crippen LogP contribution in [0.3, 0.4) is 0 Å². The highest BCUT2D eigenvalue weighted by Crippen LogP contribution is 2.46. The number of fused-ring (bicyclic) bond motifs is 13. The van der Waals surface area contributed by atoms with Crippen LogP contribution in [0.25, 0.3) is 49.6 Å². The lowest BCUT2D eigenvalue weighted by Crippen LogP contribution is -1.95. The van der Waals surface area contributed by atoms with Crippen LogP contribution in [-0.2, 0) is 12.8 Å². The van der Waals surface area contributed by atoms with E-state index in [0.717, 1.165) is 18.5 Å². The predicted molar refractivity (Wildman–Crippen MR) is 127 cm³/mol. The molecule has 2 heterocycles. The second-order valence-electron chi connectivity index (χ2n) is 8.84. The van der Waals surface area contributed by atoms with Gasteiger partial charge in [0.1, 0.15) is 5.65 Å². The number of nitrogens with zero attached hydrogens (tertiary/aromatic N) is 2. The van der Waals surface area contributed by atoms with Crippen molar-refractivity contribution in [2.24, 2.45) is 0 Å². The maximum absolute atomic E-state index is 4.78. The van der Waals surface area contributed by atoms with E-state index in [0.29, 0.717) is 0 Å². The van der Waals surface area contributed by atoms with Crippen molar-refractivity contribution in [2.45, 2.75) is 12.8 Å². The van der Waals surface area contributed by atoms with E-state index in [2.05, 4.69) is 83.4 Å². The summed E-state index contributed by atoms with van der Waals surface area (Å²) in [6, 6.07) is 27.1. The Morgan fingerprint density at radius 1 is 0.645 bits per heavy atom. The van der Waals surface area contributed by atoms with Crippen molar-refractivity contribution in [3.8, 4) is 22.3 Å². The summed E-state index contributed by atoms with van der Waals surface area (Å²) >= 11 is 0. The molecule has 0 radical (unpaired) electrons. The fraction of sp³-hybridized carbons (Fsp3) is 0.0690. The number of hydrogen-bond acceptors (Lipinski definition) is 1. The standard InChI is InChI=1S/C29H18N2/c1-3-7-21-17(5-1)14-20-15-25-26(16-24(20)21)31-12-11-30-29(31)23-10-9-19-13-18-6-2-4-8-22(18)27(19)28(23)25/h1-12,15-16H,13-14H2. The van der Waals surface area contributed by atoms with Crippen molar-refractivity contribution in [3.63, 3.8) is 0 Å². The van der Waals surface area contributed by atoms with Crippen LogP contribution in [0.2, 0.25) is 0 Å². The molecule has 2 nitrogen and oxygen atoms in total. The molecule has 0 fully saturated rings. The van der Waals surface area contributed by atoms with Crippen molar-refractivity contribution in [1.82, 2.24) is 9.38 Å². The van der Waals surface area contributed by atoms with Crippen molar-refractivity contribution >= 4 is 27.3 Å². The third-order valence-electron chi connectivity index (χ3n) is 7.28. The molecular weight excluding hydrogens is 376 g/mol. The number of imidazole rings is 1. The Morgan fingerprint density at radius 2 is 1.42 bits per heavy atom. The Hall–Kier alpha value is -3.91. The van der Waals surface area contributed by atoms with Gasteiger partial charge in [-0.2, -0.15) is 0 Å². The van der Waals surface area contributed by atoms with Gasteiger partial charge < -0.3 is 0 Å². The van der Waals surface area contributed by atoms with Crippen LogP contribution in [-0.4, -0.2) is 9.38 Å². The van der Waals surface area contributed by atoms with Crippen LogP contribution < -0.4 is 0 Å². The molecule has 2 aliphatic rings. The summed E-state index contributed by atoms with van der Waals surface area (Å²) < 4.78 is 2.27. The number of hydrogen-bond donors (Lipinski definition) is 0. The number of aromatic nitrogens is 2. The van der Waals surface area contributed by atoms with Crippen molar-refractivity contribution in [3.05, 3.63) is 107 Å². The molecule has 0 unspecified atom stereocenters. The molecule has 0 spiro atoms. The van der Waals surface area contributed by atoms with Gasteiger partial charge in [0.15, 0.2) is 0 Å². The zero-order chi connectivity index (χ0) is 20.1. The molecule has 0 N–H and O–H groups in total. The van der Waals surface area contributed by atoms with Gasteiger partial charge in [-0.15, -0.1) is 0 Å². The second-order valence-corrected chi connectivity index (χ2v) is 8.84. The van der Waals surface area contributed by atoms with Gasteiger partial charge in [-0.25, -0.2) is 4.98 Å². The van der Waals surface area contributed by atoms with Crippen LogP contribution in [0.15, 0.2) is 85.2 Å². The van der Waals surface area contributed by atoms with Crippen LogP contribution in [0.4, 0.5) is 0 Å². The van der Waals surface area contributed by atoms with E-state index >= 15 is 0 Å². The average molecular weight is 394 g/mol. The van der Waals surface area contributed by atoms with Gasteiger partial charge in [0, 0.05) is 28.6 Å². The molecule has 0 saturated heterocycles. The Kier molecular flexibility index (Phi) is 2.77. The lowest BCUT2D eigenvalue weighted by molar-refractivity contribution is 1.25. The minimum absolute atomic E-state index is 1.01. The molecule has 144 valence electrons. The summed E-state index contributed by atoms with van der Waals surface area (Å²) in [6.45, 7) is 0. The largest absolute Gasteiger partial charge is 0.299 e. The van der Waals surface area contributed by atoms with Gasteiger partial charge in [-0.3, -0.25) is 4.40 Å². The molecule has 2 aromatic heterocycles. The molecular formula is C29H18N2. The van der Waals surface area contributed by atoms with Gasteiger partial charge in [0.25, 0.3) is 0 Å². The molecule has 0 saturated carbocycles. The Bertz CT molecular complexity index is 1730. The van der Waals surface area contributed by atoms with E-state index in [1.165, 1.54) is 66.2 Å². The molecule has 2 heteroatoms. The Morgan fingerprint density at radius 3 is 2.32 bits per heavy atom. The van der Waals surface area contributed by atoms with Crippen LogP contribution in [0, 0.1) is 0 Å². The number of rotatable bonds is 0. The first-order chi connectivity index (χ1) is 15.4. The molecule has 0 amide bonds. The summed E-state index contributed by atoms with van der Waals surface area (Å²) in [7, 11) is 0. The van der Waals surface area contributed by atoms with E-state index in [4.69, 9.17) is 4.98 Å². The molecule has 8 rings (SSSR count). The maximum atomic E-state index is 4.78. The minimum atomic E-state index is 1.01. The monoisotopic (exact) mass is 394 g/mol. The van der Waals surface area contributed by atoms with E-state index < -0.39 is 0 Å². The van der Waals surface area contributed by atoms with Crippen LogP contribution >= 0.6 is 0 Å². The van der Waals surface area contributed by atoms with Gasteiger partial charge in [0.05, 0.1) is 5.52 Å². The third kappa shape index (κ3) is 1.91. The summed E-state index contributed by atoms with van der Waals surface area (Å²) in [4.78, 5) is 4.78. The molecule has 2 aliphatic carbocycles. The van der Waals surface area contributed by atoms with Crippen molar-refractivity contribution in [1.29, 1.82) is 0 Å². The first-order valence-corrected chi connectivity index (χ1v) is 10.9. The molecule has 6 aromatic rings. The van der Waals surface area contributed by atoms with Crippen molar-refractivity contribution < 1.29 is 0 Å². The molecule has 0 aliphatic heterocycles. The lowest BCUT2D eigenvalue weighted by Gasteiger charge is -2.15. The minimum Gasteiger partial charge on any atom is -0.299 e. The van der Waals surface area contributed by atoms with Gasteiger partial charge >= 0.3 is 0 Å². The summed E-state index contributed by atoms with van der Waals surface area (Å²) in [5, 5.41) is 3.93. The smallest absolute Gasteiger partial charge is 0.145 e. The first-order valence-electron chi connectivity index (χ1n) is 10.9. The highest BCUT2D eigenvalue weighted by molar-refractivity contribution is 6.20. The molecule has 31 heavy (non-hydrogen) atoms. The third-order valence-corrected chi connectivity index (χ3v) is 7.28. The van der Waals surface area contributed by atoms with E-state index in [1.807, 2.05) is 6.20 Å². The zero-order valence-electron chi connectivity index (χ0n) is 16.9. The highest BCUT2D eigenvalue weighted by Gasteiger charge is 2.25. The summed E-state index contributed by atoms with van der Waals surface area (Å²) in [6.07, 6.45) is 6.05. The fourth-order valence-electron chi connectivity index (χ4n) is 5.96. The Labute approximate surface area is 179 Å². The normalized spacial score (nSPS) is 13.5. The average Bonchev–Trinajstić information content (AvgIpc) is 3.52. The van der Waals surface area contributed by atoms with E-state index in [9.17, 15) is 0 Å². The maximum Gasteiger partial charge on any atom is 0.145 e. The molecule has 0 bridgehead atoms. The zero-order valence-corrected chi connectivity index (χ0v) is 16.9. The quantitative estimate of drug-likeness (QED) is 0.259. The SMILES string of the molecule is c1ccc2c(c1)Cc1cc3c4c5c(ccc4c4nccn4c3cc1-2)Cc1ccccc1-5. The highest BCUT2D eigenvalue weighted by atomic mass is 15.0. The van der Waals surface area contributed by atoms with E-state index in [-0.39, 0.29) is 0 Å². The van der Waals surface area contributed by atoms with Crippen LogP contribution in [0.1, 0.15) is 22.3 Å². The molecule has 0 atom stereocenters. The number of pyridine rings is 1. The Balaban J connectivity index is 1.60. The van der Waals surface area contributed by atoms with Gasteiger partial charge in [-0.05, 0) is 69.5 Å².